The molecule has 1 aromatic heterocycles. The first-order valence-electron chi connectivity index (χ1n) is 6.67. The van der Waals surface area contributed by atoms with Gasteiger partial charge >= 0.3 is 0 Å². The van der Waals surface area contributed by atoms with Gasteiger partial charge in [-0.25, -0.2) is 9.97 Å². The Hall–Kier alpha value is -1.32. The van der Waals surface area contributed by atoms with E-state index in [4.69, 9.17) is 5.73 Å². The van der Waals surface area contributed by atoms with Gasteiger partial charge in [0.05, 0.1) is 11.9 Å². The quantitative estimate of drug-likeness (QED) is 0.869. The third kappa shape index (κ3) is 3.08. The van der Waals surface area contributed by atoms with Gasteiger partial charge in [0.25, 0.3) is 0 Å². The van der Waals surface area contributed by atoms with Crippen LogP contribution in [0.1, 0.15) is 44.7 Å². The highest BCUT2D eigenvalue weighted by Gasteiger charge is 2.16. The minimum atomic E-state index is 0.576. The van der Waals surface area contributed by atoms with E-state index in [-0.39, 0.29) is 0 Å². The Kier molecular flexibility index (Phi) is 4.18. The van der Waals surface area contributed by atoms with Crippen molar-refractivity contribution in [1.82, 2.24) is 9.97 Å². The van der Waals surface area contributed by atoms with Crippen molar-refractivity contribution in [2.75, 3.05) is 23.7 Å². The first-order chi connectivity index (χ1) is 8.31. The van der Waals surface area contributed by atoms with Gasteiger partial charge in [-0.2, -0.15) is 0 Å². The number of nitrogen functional groups attached to an aromatic ring is 1. The number of hydrogen-bond donors (Lipinski definition) is 1. The molecule has 1 aliphatic heterocycles. The summed E-state index contributed by atoms with van der Waals surface area (Å²) in [5, 5.41) is 0. The number of aromatic nitrogens is 2. The predicted molar refractivity (Wildman–Crippen MR) is 71.1 cm³/mol. The lowest BCUT2D eigenvalue weighted by atomic mass is 10.1. The molecule has 94 valence electrons. The van der Waals surface area contributed by atoms with Crippen LogP contribution in [-0.2, 0) is 6.42 Å². The van der Waals surface area contributed by atoms with Gasteiger partial charge in [-0.1, -0.05) is 13.3 Å². The summed E-state index contributed by atoms with van der Waals surface area (Å²) in [7, 11) is 0. The SMILES string of the molecule is CCCCc1cnc(N)c(N2CCCCC2)n1. The fraction of sp³-hybridized carbons (Fsp3) is 0.692. The second kappa shape index (κ2) is 5.84. The topological polar surface area (TPSA) is 55.0 Å². The summed E-state index contributed by atoms with van der Waals surface area (Å²) >= 11 is 0. The van der Waals surface area contributed by atoms with Gasteiger partial charge in [-0.15, -0.1) is 0 Å². The second-order valence-electron chi connectivity index (χ2n) is 4.72. The number of unbranched alkanes of at least 4 members (excludes halogenated alkanes) is 1. The zero-order valence-corrected chi connectivity index (χ0v) is 10.7. The van der Waals surface area contributed by atoms with E-state index in [1.54, 1.807) is 0 Å². The largest absolute Gasteiger partial charge is 0.381 e. The van der Waals surface area contributed by atoms with E-state index in [9.17, 15) is 0 Å². The molecule has 1 aliphatic rings. The smallest absolute Gasteiger partial charge is 0.171 e. The fourth-order valence-corrected chi connectivity index (χ4v) is 2.24. The molecule has 0 spiro atoms. The van der Waals surface area contributed by atoms with E-state index < -0.39 is 0 Å². The summed E-state index contributed by atoms with van der Waals surface area (Å²) in [6, 6.07) is 0. The normalized spacial score (nSPS) is 16.2. The standard InChI is InChI=1S/C13H22N4/c1-2-3-7-11-10-15-12(14)13(16-11)17-8-5-4-6-9-17/h10H,2-9H2,1H3,(H2,14,15). The van der Waals surface area contributed by atoms with Crippen molar-refractivity contribution < 1.29 is 0 Å². The third-order valence-corrected chi connectivity index (χ3v) is 3.27. The Morgan fingerprint density at radius 2 is 2.06 bits per heavy atom. The molecular weight excluding hydrogens is 212 g/mol. The molecule has 4 heteroatoms. The van der Waals surface area contributed by atoms with Crippen molar-refractivity contribution in [3.8, 4) is 0 Å². The highest BCUT2D eigenvalue weighted by molar-refractivity contribution is 5.58. The maximum Gasteiger partial charge on any atom is 0.171 e. The maximum atomic E-state index is 5.93. The van der Waals surface area contributed by atoms with Crippen LogP contribution in [0.3, 0.4) is 0 Å². The molecule has 1 fully saturated rings. The molecule has 0 unspecified atom stereocenters. The second-order valence-corrected chi connectivity index (χ2v) is 4.72. The Bertz CT molecular complexity index is 358. The molecule has 0 bridgehead atoms. The highest BCUT2D eigenvalue weighted by atomic mass is 15.2. The summed E-state index contributed by atoms with van der Waals surface area (Å²) in [5.41, 5.74) is 7.00. The number of rotatable bonds is 4. The van der Waals surface area contributed by atoms with Crippen molar-refractivity contribution in [1.29, 1.82) is 0 Å². The third-order valence-electron chi connectivity index (χ3n) is 3.27. The first kappa shape index (κ1) is 12.1. The van der Waals surface area contributed by atoms with Gasteiger partial charge in [0.2, 0.25) is 0 Å². The molecule has 2 heterocycles. The number of hydrogen-bond acceptors (Lipinski definition) is 4. The molecule has 0 amide bonds. The molecule has 1 saturated heterocycles. The lowest BCUT2D eigenvalue weighted by molar-refractivity contribution is 0.572. The van der Waals surface area contributed by atoms with Crippen LogP contribution in [0.15, 0.2) is 6.20 Å². The van der Waals surface area contributed by atoms with Crippen molar-refractivity contribution in [2.24, 2.45) is 0 Å². The first-order valence-corrected chi connectivity index (χ1v) is 6.67. The summed E-state index contributed by atoms with van der Waals surface area (Å²) in [6.45, 7) is 4.32. The Labute approximate surface area is 103 Å². The van der Waals surface area contributed by atoms with Crippen LogP contribution in [0.2, 0.25) is 0 Å². The van der Waals surface area contributed by atoms with Gasteiger partial charge in [-0.3, -0.25) is 0 Å². The zero-order chi connectivity index (χ0) is 12.1. The summed E-state index contributed by atoms with van der Waals surface area (Å²) in [5.74, 6) is 1.48. The minimum absolute atomic E-state index is 0.576. The van der Waals surface area contributed by atoms with E-state index in [0.29, 0.717) is 5.82 Å². The van der Waals surface area contributed by atoms with Gasteiger partial charge in [0.15, 0.2) is 11.6 Å². The van der Waals surface area contributed by atoms with Crippen LogP contribution in [0.5, 0.6) is 0 Å². The average Bonchev–Trinajstić information content (AvgIpc) is 2.39. The van der Waals surface area contributed by atoms with Crippen LogP contribution < -0.4 is 10.6 Å². The molecule has 17 heavy (non-hydrogen) atoms. The van der Waals surface area contributed by atoms with Crippen LogP contribution in [-0.4, -0.2) is 23.1 Å². The summed E-state index contributed by atoms with van der Waals surface area (Å²) in [6.07, 6.45) is 8.96. The number of nitrogens with two attached hydrogens (primary N) is 1. The molecule has 1 aromatic rings. The van der Waals surface area contributed by atoms with E-state index in [0.717, 1.165) is 37.4 Å². The number of anilines is 2. The van der Waals surface area contributed by atoms with Crippen LogP contribution in [0.25, 0.3) is 0 Å². The Morgan fingerprint density at radius 3 is 2.76 bits per heavy atom. The van der Waals surface area contributed by atoms with E-state index in [2.05, 4.69) is 21.8 Å². The number of piperidine rings is 1. The molecular formula is C13H22N4. The van der Waals surface area contributed by atoms with E-state index >= 15 is 0 Å². The lowest BCUT2D eigenvalue weighted by Gasteiger charge is -2.28. The van der Waals surface area contributed by atoms with Crippen molar-refractivity contribution in [3.63, 3.8) is 0 Å². The predicted octanol–water partition coefficient (Wildman–Crippen LogP) is 2.39. The van der Waals surface area contributed by atoms with E-state index in [1.165, 1.54) is 25.7 Å². The lowest BCUT2D eigenvalue weighted by Crippen LogP contribution is -2.31. The number of nitrogens with zero attached hydrogens (tertiary/aromatic N) is 3. The van der Waals surface area contributed by atoms with Crippen molar-refractivity contribution >= 4 is 11.6 Å². The van der Waals surface area contributed by atoms with Gasteiger partial charge in [0, 0.05) is 13.1 Å². The molecule has 2 N–H and O–H groups in total. The van der Waals surface area contributed by atoms with E-state index in [1.807, 2.05) is 6.20 Å². The van der Waals surface area contributed by atoms with Crippen LogP contribution in [0.4, 0.5) is 11.6 Å². The molecule has 0 aliphatic carbocycles. The molecule has 2 rings (SSSR count). The van der Waals surface area contributed by atoms with Gasteiger partial charge in [0.1, 0.15) is 0 Å². The molecule has 0 saturated carbocycles. The van der Waals surface area contributed by atoms with Crippen LogP contribution >= 0.6 is 0 Å². The fourth-order valence-electron chi connectivity index (χ4n) is 2.24. The van der Waals surface area contributed by atoms with Gasteiger partial charge < -0.3 is 10.6 Å². The Morgan fingerprint density at radius 1 is 1.29 bits per heavy atom. The Balaban J connectivity index is 2.13. The minimum Gasteiger partial charge on any atom is -0.381 e. The average molecular weight is 234 g/mol. The molecule has 4 nitrogen and oxygen atoms in total. The zero-order valence-electron chi connectivity index (χ0n) is 10.7. The molecule has 0 aromatic carbocycles. The molecule has 0 radical (unpaired) electrons. The maximum absolute atomic E-state index is 5.93. The number of aryl methyl sites for hydroxylation is 1. The van der Waals surface area contributed by atoms with Crippen LogP contribution in [0, 0.1) is 0 Å². The van der Waals surface area contributed by atoms with Crippen molar-refractivity contribution in [3.05, 3.63) is 11.9 Å². The van der Waals surface area contributed by atoms with Gasteiger partial charge in [-0.05, 0) is 32.1 Å². The van der Waals surface area contributed by atoms with Crippen molar-refractivity contribution in [2.45, 2.75) is 45.4 Å². The molecule has 0 atom stereocenters. The highest BCUT2D eigenvalue weighted by Crippen LogP contribution is 2.22. The summed E-state index contributed by atoms with van der Waals surface area (Å²) < 4.78 is 0. The monoisotopic (exact) mass is 234 g/mol. The summed E-state index contributed by atoms with van der Waals surface area (Å²) in [4.78, 5) is 11.2.